The number of nitrogens with zero attached hydrogens (tertiary/aromatic N) is 1. The van der Waals surface area contributed by atoms with Crippen molar-refractivity contribution in [3.8, 4) is 0 Å². The van der Waals surface area contributed by atoms with E-state index in [2.05, 4.69) is 5.32 Å². The van der Waals surface area contributed by atoms with Crippen LogP contribution < -0.4 is 5.32 Å². The Hall–Kier alpha value is -0.0400. The van der Waals surface area contributed by atoms with Gasteiger partial charge in [-0.15, -0.1) is 12.4 Å². The summed E-state index contributed by atoms with van der Waals surface area (Å²) in [6, 6.07) is 4.78. The van der Waals surface area contributed by atoms with Gasteiger partial charge in [0, 0.05) is 29.2 Å². The molecular weight excluding hydrogens is 343 g/mol. The summed E-state index contributed by atoms with van der Waals surface area (Å²) in [6.45, 7) is 1.02. The van der Waals surface area contributed by atoms with E-state index >= 15 is 0 Å². The molecule has 0 amide bonds. The average molecular weight is 360 g/mol. The van der Waals surface area contributed by atoms with Gasteiger partial charge in [0.1, 0.15) is 0 Å². The molecule has 0 spiro atoms. The van der Waals surface area contributed by atoms with Crippen molar-refractivity contribution in [3.05, 3.63) is 28.2 Å². The molecule has 0 atom stereocenters. The molecule has 0 unspecified atom stereocenters. The number of rotatable bonds is 3. The molecule has 1 aromatic rings. The second kappa shape index (κ2) is 7.29. The largest absolute Gasteiger partial charge is 0.317 e. The van der Waals surface area contributed by atoms with Crippen LogP contribution in [-0.4, -0.2) is 38.9 Å². The van der Waals surface area contributed by atoms with Crippen molar-refractivity contribution in [1.82, 2.24) is 9.62 Å². The van der Waals surface area contributed by atoms with E-state index in [0.29, 0.717) is 29.2 Å². The van der Waals surface area contributed by atoms with Gasteiger partial charge in [-0.3, -0.25) is 0 Å². The van der Waals surface area contributed by atoms with Crippen LogP contribution in [0.5, 0.6) is 0 Å². The summed E-state index contributed by atoms with van der Waals surface area (Å²) >= 11 is 11.7. The lowest BCUT2D eigenvalue weighted by atomic mass is 10.1. The molecule has 1 aliphatic rings. The third-order valence-electron chi connectivity index (χ3n) is 3.34. The van der Waals surface area contributed by atoms with Crippen molar-refractivity contribution in [3.63, 3.8) is 0 Å². The van der Waals surface area contributed by atoms with Gasteiger partial charge in [-0.1, -0.05) is 23.2 Å². The Labute approximate surface area is 135 Å². The topological polar surface area (TPSA) is 49.4 Å². The molecule has 1 N–H and O–H groups in total. The highest BCUT2D eigenvalue weighted by Crippen LogP contribution is 2.26. The molecule has 0 aromatic heterocycles. The molecule has 1 aliphatic heterocycles. The highest BCUT2D eigenvalue weighted by molar-refractivity contribution is 7.89. The van der Waals surface area contributed by atoms with Crippen LogP contribution in [0.3, 0.4) is 0 Å². The molecule has 20 heavy (non-hydrogen) atoms. The molecule has 8 heteroatoms. The molecule has 0 aliphatic carbocycles. The quantitative estimate of drug-likeness (QED) is 0.903. The molecule has 0 bridgehead atoms. The van der Waals surface area contributed by atoms with Crippen LogP contribution in [-0.2, 0) is 10.0 Å². The van der Waals surface area contributed by atoms with E-state index in [0.717, 1.165) is 12.8 Å². The number of benzene rings is 1. The van der Waals surface area contributed by atoms with Gasteiger partial charge in [0.15, 0.2) is 0 Å². The Morgan fingerprint density at radius 3 is 2.10 bits per heavy atom. The lowest BCUT2D eigenvalue weighted by Gasteiger charge is -2.31. The summed E-state index contributed by atoms with van der Waals surface area (Å²) in [4.78, 5) is 0.160. The fraction of sp³-hybridized carbons (Fsp3) is 0.500. The Bertz CT molecular complexity index is 538. The molecule has 4 nitrogen and oxygen atoms in total. The van der Waals surface area contributed by atoms with E-state index in [1.807, 2.05) is 7.05 Å². The van der Waals surface area contributed by atoms with Crippen LogP contribution in [0.2, 0.25) is 10.0 Å². The van der Waals surface area contributed by atoms with Crippen molar-refractivity contribution >= 4 is 45.6 Å². The maximum Gasteiger partial charge on any atom is 0.243 e. The van der Waals surface area contributed by atoms with Crippen LogP contribution in [0, 0.1) is 0 Å². The molecule has 2 rings (SSSR count). The van der Waals surface area contributed by atoms with Gasteiger partial charge in [-0.2, -0.15) is 4.31 Å². The Balaban J connectivity index is 0.00000200. The minimum Gasteiger partial charge on any atom is -0.317 e. The molecule has 114 valence electrons. The zero-order valence-electron chi connectivity index (χ0n) is 11.0. The highest BCUT2D eigenvalue weighted by atomic mass is 35.5. The van der Waals surface area contributed by atoms with E-state index in [9.17, 15) is 8.42 Å². The van der Waals surface area contributed by atoms with Crippen molar-refractivity contribution < 1.29 is 8.42 Å². The average Bonchev–Trinajstić information content (AvgIpc) is 2.37. The zero-order chi connectivity index (χ0) is 14.0. The molecule has 0 saturated carbocycles. The Kier molecular flexibility index (Phi) is 6.57. The lowest BCUT2D eigenvalue weighted by molar-refractivity contribution is 0.298. The highest BCUT2D eigenvalue weighted by Gasteiger charge is 2.29. The normalized spacial score (nSPS) is 17.8. The van der Waals surface area contributed by atoms with Crippen LogP contribution in [0.4, 0.5) is 0 Å². The molecule has 1 aromatic carbocycles. The fourth-order valence-electron chi connectivity index (χ4n) is 2.21. The Morgan fingerprint density at radius 2 is 1.65 bits per heavy atom. The molecular formula is C12H17Cl3N2O2S. The first kappa shape index (κ1) is 18.0. The van der Waals surface area contributed by atoms with Gasteiger partial charge in [-0.25, -0.2) is 8.42 Å². The minimum absolute atomic E-state index is 0. The van der Waals surface area contributed by atoms with E-state index < -0.39 is 10.0 Å². The van der Waals surface area contributed by atoms with Gasteiger partial charge >= 0.3 is 0 Å². The van der Waals surface area contributed by atoms with Crippen LogP contribution >= 0.6 is 35.6 Å². The number of piperidine rings is 1. The predicted molar refractivity (Wildman–Crippen MR) is 84.6 cm³/mol. The van der Waals surface area contributed by atoms with E-state index in [1.165, 1.54) is 22.5 Å². The monoisotopic (exact) mass is 358 g/mol. The number of hydrogen-bond donors (Lipinski definition) is 1. The van der Waals surface area contributed by atoms with Crippen LogP contribution in [0.25, 0.3) is 0 Å². The first-order valence-corrected chi connectivity index (χ1v) is 8.26. The van der Waals surface area contributed by atoms with Gasteiger partial charge in [-0.05, 0) is 38.1 Å². The number of nitrogens with one attached hydrogen (secondary N) is 1. The summed E-state index contributed by atoms with van der Waals surface area (Å²) < 4.78 is 26.4. The number of halogens is 3. The smallest absolute Gasteiger partial charge is 0.243 e. The molecule has 1 heterocycles. The van der Waals surface area contributed by atoms with Crippen molar-refractivity contribution in [2.24, 2.45) is 0 Å². The fourth-order valence-corrected chi connectivity index (χ4v) is 4.41. The van der Waals surface area contributed by atoms with Gasteiger partial charge < -0.3 is 5.32 Å². The van der Waals surface area contributed by atoms with Crippen molar-refractivity contribution in [1.29, 1.82) is 0 Å². The summed E-state index contributed by atoms with van der Waals surface area (Å²) in [5.74, 6) is 0. The SMILES string of the molecule is CNC1CCN(S(=O)(=O)c2cc(Cl)cc(Cl)c2)CC1.Cl. The Morgan fingerprint density at radius 1 is 1.15 bits per heavy atom. The van der Waals surface area contributed by atoms with E-state index in [-0.39, 0.29) is 17.3 Å². The third-order valence-corrected chi connectivity index (χ3v) is 5.65. The standard InChI is InChI=1S/C12H16Cl2N2O2S.ClH/c1-15-11-2-4-16(5-3-11)19(17,18)12-7-9(13)6-10(14)8-12;/h6-8,11,15H,2-5H2,1H3;1H. The summed E-state index contributed by atoms with van der Waals surface area (Å²) in [5, 5.41) is 3.83. The number of hydrogen-bond acceptors (Lipinski definition) is 3. The summed E-state index contributed by atoms with van der Waals surface area (Å²) in [5.41, 5.74) is 0. The molecule has 1 fully saturated rings. The zero-order valence-corrected chi connectivity index (χ0v) is 14.1. The van der Waals surface area contributed by atoms with E-state index in [1.54, 1.807) is 0 Å². The predicted octanol–water partition coefficient (Wildman–Crippen LogP) is 2.79. The summed E-state index contributed by atoms with van der Waals surface area (Å²) in [7, 11) is -1.61. The molecule has 1 saturated heterocycles. The summed E-state index contributed by atoms with van der Waals surface area (Å²) in [6.07, 6.45) is 1.62. The van der Waals surface area contributed by atoms with Crippen molar-refractivity contribution in [2.75, 3.05) is 20.1 Å². The number of sulfonamides is 1. The third kappa shape index (κ3) is 4.00. The first-order valence-electron chi connectivity index (χ1n) is 6.07. The second-order valence-electron chi connectivity index (χ2n) is 4.57. The maximum atomic E-state index is 12.5. The van der Waals surface area contributed by atoms with Gasteiger partial charge in [0.25, 0.3) is 0 Å². The van der Waals surface area contributed by atoms with Gasteiger partial charge in [0.2, 0.25) is 10.0 Å². The maximum absolute atomic E-state index is 12.5. The van der Waals surface area contributed by atoms with Crippen LogP contribution in [0.1, 0.15) is 12.8 Å². The van der Waals surface area contributed by atoms with Crippen molar-refractivity contribution in [2.45, 2.75) is 23.8 Å². The minimum atomic E-state index is -3.50. The first-order chi connectivity index (χ1) is 8.93. The molecule has 0 radical (unpaired) electrons. The van der Waals surface area contributed by atoms with Gasteiger partial charge in [0.05, 0.1) is 4.90 Å². The second-order valence-corrected chi connectivity index (χ2v) is 7.38. The lowest BCUT2D eigenvalue weighted by Crippen LogP contribution is -2.43. The van der Waals surface area contributed by atoms with Crippen LogP contribution in [0.15, 0.2) is 23.1 Å². The van der Waals surface area contributed by atoms with E-state index in [4.69, 9.17) is 23.2 Å².